The summed E-state index contributed by atoms with van der Waals surface area (Å²) in [5.41, 5.74) is 2.56. The van der Waals surface area contributed by atoms with Crippen LogP contribution in [0.15, 0.2) is 42.5 Å². The maximum absolute atomic E-state index is 13.1. The van der Waals surface area contributed by atoms with Crippen LogP contribution in [0, 0.1) is 11.6 Å². The maximum Gasteiger partial charge on any atom is 0.224 e. The first kappa shape index (κ1) is 18.1. The Morgan fingerprint density at radius 1 is 1.04 bits per heavy atom. The number of amides is 1. The number of carbonyl (C=O) groups is 1. The highest BCUT2D eigenvalue weighted by molar-refractivity contribution is 5.90. The molecule has 0 aliphatic carbocycles. The van der Waals surface area contributed by atoms with E-state index < -0.39 is 11.6 Å². The number of rotatable bonds is 8. The summed E-state index contributed by atoms with van der Waals surface area (Å²) in [6.45, 7) is 3.69. The fourth-order valence-electron chi connectivity index (χ4n) is 2.40. The van der Waals surface area contributed by atoms with Crippen molar-refractivity contribution in [2.45, 2.75) is 32.7 Å². The van der Waals surface area contributed by atoms with Gasteiger partial charge in [0.05, 0.1) is 0 Å². The molecule has 0 bridgehead atoms. The standard InChI is InChI=1S/C19H22F2N2O/c1-2-22-13-15-6-3-7-16(11-15)23-19(24)8-4-5-14-9-10-17(20)18(21)12-14/h3,6-7,9-12,22H,2,4-5,8,13H2,1H3,(H,23,24). The van der Waals surface area contributed by atoms with E-state index >= 15 is 0 Å². The molecule has 2 N–H and O–H groups in total. The molecule has 128 valence electrons. The molecule has 1 amide bonds. The molecule has 0 aliphatic rings. The second kappa shape index (κ2) is 9.13. The summed E-state index contributed by atoms with van der Waals surface area (Å²) in [5, 5.41) is 6.10. The van der Waals surface area contributed by atoms with E-state index in [2.05, 4.69) is 10.6 Å². The lowest BCUT2D eigenvalue weighted by atomic mass is 10.1. The number of nitrogens with one attached hydrogen (secondary N) is 2. The van der Waals surface area contributed by atoms with Gasteiger partial charge in [-0.1, -0.05) is 25.1 Å². The molecule has 0 heterocycles. The fraction of sp³-hybridized carbons (Fsp3) is 0.316. The summed E-state index contributed by atoms with van der Waals surface area (Å²) < 4.78 is 26.0. The second-order valence-corrected chi connectivity index (χ2v) is 5.63. The minimum atomic E-state index is -0.853. The van der Waals surface area contributed by atoms with Gasteiger partial charge in [-0.2, -0.15) is 0 Å². The predicted octanol–water partition coefficient (Wildman–Crippen LogP) is 4.04. The minimum absolute atomic E-state index is 0.0850. The van der Waals surface area contributed by atoms with Crippen LogP contribution in [0.5, 0.6) is 0 Å². The minimum Gasteiger partial charge on any atom is -0.326 e. The summed E-state index contributed by atoms with van der Waals surface area (Å²) in [6.07, 6.45) is 1.44. The van der Waals surface area contributed by atoms with Crippen LogP contribution in [0.1, 0.15) is 30.9 Å². The van der Waals surface area contributed by atoms with Crippen LogP contribution in [-0.2, 0) is 17.8 Å². The molecule has 0 atom stereocenters. The molecular weight excluding hydrogens is 310 g/mol. The first-order valence-electron chi connectivity index (χ1n) is 8.12. The highest BCUT2D eigenvalue weighted by atomic mass is 19.2. The first-order chi connectivity index (χ1) is 11.6. The van der Waals surface area contributed by atoms with Crippen molar-refractivity contribution < 1.29 is 13.6 Å². The van der Waals surface area contributed by atoms with Crippen molar-refractivity contribution in [3.63, 3.8) is 0 Å². The van der Waals surface area contributed by atoms with E-state index in [0.29, 0.717) is 24.8 Å². The molecule has 0 radical (unpaired) electrons. The number of hydrogen-bond acceptors (Lipinski definition) is 2. The largest absolute Gasteiger partial charge is 0.326 e. The molecule has 0 aliphatic heterocycles. The summed E-state index contributed by atoms with van der Waals surface area (Å²) in [6, 6.07) is 11.5. The number of halogens is 2. The lowest BCUT2D eigenvalue weighted by Gasteiger charge is -2.08. The fourth-order valence-corrected chi connectivity index (χ4v) is 2.40. The molecular formula is C19H22F2N2O. The highest BCUT2D eigenvalue weighted by Gasteiger charge is 2.06. The van der Waals surface area contributed by atoms with Gasteiger partial charge < -0.3 is 10.6 Å². The van der Waals surface area contributed by atoms with Crippen molar-refractivity contribution in [3.05, 3.63) is 65.2 Å². The van der Waals surface area contributed by atoms with Gasteiger partial charge >= 0.3 is 0 Å². The van der Waals surface area contributed by atoms with Gasteiger partial charge in [-0.25, -0.2) is 8.78 Å². The Morgan fingerprint density at radius 2 is 1.88 bits per heavy atom. The van der Waals surface area contributed by atoms with Gasteiger partial charge in [0, 0.05) is 18.7 Å². The molecule has 0 aromatic heterocycles. The van der Waals surface area contributed by atoms with Crippen LogP contribution in [0.4, 0.5) is 14.5 Å². The summed E-state index contributed by atoms with van der Waals surface area (Å²) >= 11 is 0. The topological polar surface area (TPSA) is 41.1 Å². The van der Waals surface area contributed by atoms with E-state index in [-0.39, 0.29) is 5.91 Å². The molecule has 0 saturated heterocycles. The Kier molecular flexibility index (Phi) is 6.88. The third-order valence-corrected chi connectivity index (χ3v) is 3.64. The van der Waals surface area contributed by atoms with E-state index in [4.69, 9.17) is 0 Å². The zero-order valence-corrected chi connectivity index (χ0v) is 13.7. The SMILES string of the molecule is CCNCc1cccc(NC(=O)CCCc2ccc(F)c(F)c2)c1. The van der Waals surface area contributed by atoms with Crippen LogP contribution in [0.25, 0.3) is 0 Å². The van der Waals surface area contributed by atoms with Gasteiger partial charge in [0.1, 0.15) is 0 Å². The molecule has 2 aromatic rings. The van der Waals surface area contributed by atoms with Crippen molar-refractivity contribution in [1.29, 1.82) is 0 Å². The Balaban J connectivity index is 1.79. The number of anilines is 1. The van der Waals surface area contributed by atoms with Gasteiger partial charge in [0.15, 0.2) is 11.6 Å². The Bertz CT molecular complexity index is 689. The predicted molar refractivity (Wildman–Crippen MR) is 91.7 cm³/mol. The van der Waals surface area contributed by atoms with Crippen molar-refractivity contribution in [2.75, 3.05) is 11.9 Å². The number of hydrogen-bond donors (Lipinski definition) is 2. The summed E-state index contributed by atoms with van der Waals surface area (Å²) in [5.74, 6) is -1.79. The summed E-state index contributed by atoms with van der Waals surface area (Å²) in [7, 11) is 0. The Labute approximate surface area is 141 Å². The maximum atomic E-state index is 13.1. The first-order valence-corrected chi connectivity index (χ1v) is 8.12. The van der Waals surface area contributed by atoms with E-state index in [9.17, 15) is 13.6 Å². The third kappa shape index (κ3) is 5.74. The Morgan fingerprint density at radius 3 is 2.62 bits per heavy atom. The van der Waals surface area contributed by atoms with Gasteiger partial charge in [-0.05, 0) is 54.8 Å². The second-order valence-electron chi connectivity index (χ2n) is 5.63. The van der Waals surface area contributed by atoms with Crippen LogP contribution in [0.2, 0.25) is 0 Å². The molecule has 5 heteroatoms. The molecule has 0 fully saturated rings. The average molecular weight is 332 g/mol. The summed E-state index contributed by atoms with van der Waals surface area (Å²) in [4.78, 5) is 12.0. The molecule has 0 unspecified atom stereocenters. The molecule has 2 aromatic carbocycles. The van der Waals surface area contributed by atoms with Gasteiger partial charge in [-0.15, -0.1) is 0 Å². The van der Waals surface area contributed by atoms with Crippen molar-refractivity contribution in [1.82, 2.24) is 5.32 Å². The molecule has 0 saturated carbocycles. The third-order valence-electron chi connectivity index (χ3n) is 3.64. The molecule has 0 spiro atoms. The number of carbonyl (C=O) groups excluding carboxylic acids is 1. The molecule has 24 heavy (non-hydrogen) atoms. The molecule has 3 nitrogen and oxygen atoms in total. The smallest absolute Gasteiger partial charge is 0.224 e. The van der Waals surface area contributed by atoms with Crippen LogP contribution >= 0.6 is 0 Å². The van der Waals surface area contributed by atoms with E-state index in [1.807, 2.05) is 31.2 Å². The monoisotopic (exact) mass is 332 g/mol. The van der Waals surface area contributed by atoms with Crippen LogP contribution in [0.3, 0.4) is 0 Å². The normalized spacial score (nSPS) is 10.6. The zero-order valence-electron chi connectivity index (χ0n) is 13.7. The quantitative estimate of drug-likeness (QED) is 0.766. The van der Waals surface area contributed by atoms with E-state index in [1.54, 1.807) is 6.07 Å². The van der Waals surface area contributed by atoms with Crippen molar-refractivity contribution in [2.24, 2.45) is 0 Å². The highest BCUT2D eigenvalue weighted by Crippen LogP contribution is 2.13. The van der Waals surface area contributed by atoms with Crippen molar-refractivity contribution >= 4 is 11.6 Å². The van der Waals surface area contributed by atoms with Gasteiger partial charge in [0.2, 0.25) is 5.91 Å². The van der Waals surface area contributed by atoms with Crippen LogP contribution < -0.4 is 10.6 Å². The number of benzene rings is 2. The lowest BCUT2D eigenvalue weighted by Crippen LogP contribution is -2.14. The lowest BCUT2D eigenvalue weighted by molar-refractivity contribution is -0.116. The van der Waals surface area contributed by atoms with E-state index in [0.717, 1.165) is 30.4 Å². The zero-order chi connectivity index (χ0) is 17.4. The van der Waals surface area contributed by atoms with Gasteiger partial charge in [0.25, 0.3) is 0 Å². The van der Waals surface area contributed by atoms with Crippen molar-refractivity contribution in [3.8, 4) is 0 Å². The number of aryl methyl sites for hydroxylation is 1. The van der Waals surface area contributed by atoms with Gasteiger partial charge in [-0.3, -0.25) is 4.79 Å². The van der Waals surface area contributed by atoms with Crippen LogP contribution in [-0.4, -0.2) is 12.5 Å². The average Bonchev–Trinajstić information content (AvgIpc) is 2.56. The Hall–Kier alpha value is -2.27. The van der Waals surface area contributed by atoms with E-state index in [1.165, 1.54) is 6.07 Å². The molecule has 2 rings (SSSR count).